The normalized spacial score (nSPS) is 21.1. The van der Waals surface area contributed by atoms with E-state index in [1.165, 1.54) is 23.3 Å². The van der Waals surface area contributed by atoms with Crippen molar-refractivity contribution in [1.82, 2.24) is 5.32 Å². The van der Waals surface area contributed by atoms with E-state index in [4.69, 9.17) is 0 Å². The summed E-state index contributed by atoms with van der Waals surface area (Å²) >= 11 is 0. The molecule has 1 fully saturated rings. The lowest BCUT2D eigenvalue weighted by Crippen LogP contribution is -2.40. The largest absolute Gasteiger partial charge is 0.310 e. The minimum Gasteiger partial charge on any atom is -0.310 e. The van der Waals surface area contributed by atoms with Crippen molar-refractivity contribution < 1.29 is 8.78 Å². The van der Waals surface area contributed by atoms with E-state index in [1.807, 2.05) is 0 Å². The van der Waals surface area contributed by atoms with E-state index in [2.05, 4.69) is 36.5 Å². The molecule has 0 atom stereocenters. The highest BCUT2D eigenvalue weighted by Gasteiger charge is 2.30. The van der Waals surface area contributed by atoms with Crippen LogP contribution in [0, 0.1) is 18.6 Å². The van der Waals surface area contributed by atoms with Gasteiger partial charge in [0.15, 0.2) is 0 Å². The van der Waals surface area contributed by atoms with Crippen LogP contribution in [0.15, 0.2) is 42.5 Å². The number of nitrogens with one attached hydrogen (secondary N) is 1. The molecular formula is C18H19F2N. The molecule has 0 heterocycles. The number of hydrogen-bond acceptors (Lipinski definition) is 1. The van der Waals surface area contributed by atoms with Gasteiger partial charge in [-0.25, -0.2) is 8.78 Å². The summed E-state index contributed by atoms with van der Waals surface area (Å²) in [5.41, 5.74) is 3.28. The Morgan fingerprint density at radius 2 is 1.86 bits per heavy atom. The molecule has 0 aliphatic heterocycles. The van der Waals surface area contributed by atoms with Gasteiger partial charge in [-0.1, -0.05) is 30.3 Å². The predicted molar refractivity (Wildman–Crippen MR) is 80.1 cm³/mol. The second-order valence-corrected chi connectivity index (χ2v) is 5.84. The van der Waals surface area contributed by atoms with Gasteiger partial charge in [-0.3, -0.25) is 0 Å². The van der Waals surface area contributed by atoms with Gasteiger partial charge in [0.25, 0.3) is 0 Å². The van der Waals surface area contributed by atoms with Crippen LogP contribution in [-0.4, -0.2) is 6.04 Å². The number of rotatable bonds is 4. The Labute approximate surface area is 124 Å². The zero-order valence-corrected chi connectivity index (χ0v) is 12.1. The quantitative estimate of drug-likeness (QED) is 0.883. The van der Waals surface area contributed by atoms with Crippen LogP contribution in [0.2, 0.25) is 0 Å². The summed E-state index contributed by atoms with van der Waals surface area (Å²) in [4.78, 5) is 0. The zero-order chi connectivity index (χ0) is 14.8. The first kappa shape index (κ1) is 14.2. The topological polar surface area (TPSA) is 12.0 Å². The molecular weight excluding hydrogens is 268 g/mol. The van der Waals surface area contributed by atoms with Crippen LogP contribution in [-0.2, 0) is 6.54 Å². The highest BCUT2D eigenvalue weighted by molar-refractivity contribution is 5.31. The average Bonchev–Trinajstić information content (AvgIpc) is 2.41. The minimum atomic E-state index is -0.528. The van der Waals surface area contributed by atoms with Gasteiger partial charge in [-0.05, 0) is 42.9 Å². The second-order valence-electron chi connectivity index (χ2n) is 5.84. The number of benzene rings is 2. The average molecular weight is 287 g/mol. The third-order valence-electron chi connectivity index (χ3n) is 4.36. The number of halogens is 2. The highest BCUT2D eigenvalue weighted by atomic mass is 19.1. The lowest BCUT2D eigenvalue weighted by Gasteiger charge is -2.37. The van der Waals surface area contributed by atoms with Gasteiger partial charge in [-0.15, -0.1) is 0 Å². The molecule has 0 bridgehead atoms. The van der Waals surface area contributed by atoms with E-state index in [0.717, 1.165) is 18.9 Å². The highest BCUT2D eigenvalue weighted by Crippen LogP contribution is 2.38. The van der Waals surface area contributed by atoms with Gasteiger partial charge in [0.1, 0.15) is 11.6 Å². The van der Waals surface area contributed by atoms with E-state index in [-0.39, 0.29) is 0 Å². The summed E-state index contributed by atoms with van der Waals surface area (Å²) in [6.07, 6.45) is 2.15. The predicted octanol–water partition coefficient (Wildman–Crippen LogP) is 4.31. The first-order valence-electron chi connectivity index (χ1n) is 7.36. The molecule has 0 unspecified atom stereocenters. The van der Waals surface area contributed by atoms with Crippen LogP contribution in [0.4, 0.5) is 8.78 Å². The molecule has 2 aromatic rings. The molecule has 0 radical (unpaired) electrons. The zero-order valence-electron chi connectivity index (χ0n) is 12.1. The summed E-state index contributed by atoms with van der Waals surface area (Å²) in [5.74, 6) is -0.404. The molecule has 1 N–H and O–H groups in total. The van der Waals surface area contributed by atoms with Crippen molar-refractivity contribution >= 4 is 0 Å². The summed E-state index contributed by atoms with van der Waals surface area (Å²) in [5, 5.41) is 3.35. The minimum absolute atomic E-state index is 0.416. The fourth-order valence-corrected chi connectivity index (χ4v) is 3.00. The monoisotopic (exact) mass is 287 g/mol. The Hall–Kier alpha value is -1.74. The molecule has 1 aliphatic carbocycles. The summed E-state index contributed by atoms with van der Waals surface area (Å²) in [6, 6.07) is 12.6. The molecule has 0 spiro atoms. The van der Waals surface area contributed by atoms with Crippen molar-refractivity contribution in [3.63, 3.8) is 0 Å². The Morgan fingerprint density at radius 1 is 1.10 bits per heavy atom. The van der Waals surface area contributed by atoms with Crippen molar-refractivity contribution in [2.75, 3.05) is 0 Å². The van der Waals surface area contributed by atoms with Crippen LogP contribution in [0.3, 0.4) is 0 Å². The maximum atomic E-state index is 13.5. The molecule has 1 nitrogen and oxygen atoms in total. The lowest BCUT2D eigenvalue weighted by atomic mass is 9.74. The van der Waals surface area contributed by atoms with E-state index in [0.29, 0.717) is 24.1 Å². The van der Waals surface area contributed by atoms with Crippen molar-refractivity contribution in [2.45, 2.75) is 38.3 Å². The van der Waals surface area contributed by atoms with Crippen molar-refractivity contribution in [2.24, 2.45) is 0 Å². The fourth-order valence-electron chi connectivity index (χ4n) is 3.00. The van der Waals surface area contributed by atoms with Crippen molar-refractivity contribution in [3.8, 4) is 0 Å². The third-order valence-corrected chi connectivity index (χ3v) is 4.36. The van der Waals surface area contributed by atoms with E-state index in [1.54, 1.807) is 0 Å². The molecule has 0 saturated heterocycles. The second kappa shape index (κ2) is 5.94. The third kappa shape index (κ3) is 3.13. The molecule has 1 saturated carbocycles. The van der Waals surface area contributed by atoms with Crippen molar-refractivity contribution in [3.05, 3.63) is 70.8 Å². The number of hydrogen-bond donors (Lipinski definition) is 1. The summed E-state index contributed by atoms with van der Waals surface area (Å²) in [6.45, 7) is 2.60. The van der Waals surface area contributed by atoms with Gasteiger partial charge in [0.2, 0.25) is 0 Å². The Bertz CT molecular complexity index is 633. The maximum Gasteiger partial charge on any atom is 0.130 e. The van der Waals surface area contributed by atoms with E-state index < -0.39 is 11.6 Å². The SMILES string of the molecule is Cc1ccccc1C1CC(NCc2ccc(F)cc2F)C1. The summed E-state index contributed by atoms with van der Waals surface area (Å²) in [7, 11) is 0. The van der Waals surface area contributed by atoms with Crippen LogP contribution in [0.25, 0.3) is 0 Å². The van der Waals surface area contributed by atoms with E-state index >= 15 is 0 Å². The van der Waals surface area contributed by atoms with Crippen LogP contribution < -0.4 is 5.32 Å². The number of aryl methyl sites for hydroxylation is 1. The van der Waals surface area contributed by atoms with Gasteiger partial charge in [-0.2, -0.15) is 0 Å². The molecule has 3 rings (SSSR count). The molecule has 2 aromatic carbocycles. The summed E-state index contributed by atoms with van der Waals surface area (Å²) < 4.78 is 26.4. The maximum absolute atomic E-state index is 13.5. The van der Waals surface area contributed by atoms with E-state index in [9.17, 15) is 8.78 Å². The smallest absolute Gasteiger partial charge is 0.130 e. The van der Waals surface area contributed by atoms with Gasteiger partial charge < -0.3 is 5.32 Å². The molecule has 0 aromatic heterocycles. The fraction of sp³-hybridized carbons (Fsp3) is 0.333. The van der Waals surface area contributed by atoms with Crippen LogP contribution in [0.5, 0.6) is 0 Å². The van der Waals surface area contributed by atoms with Crippen LogP contribution in [0.1, 0.15) is 35.4 Å². The standard InChI is InChI=1S/C18H19F2N/c1-12-4-2-3-5-17(12)14-8-16(9-14)21-11-13-6-7-15(19)10-18(13)20/h2-7,10,14,16,21H,8-9,11H2,1H3. The molecule has 21 heavy (non-hydrogen) atoms. The van der Waals surface area contributed by atoms with Gasteiger partial charge in [0, 0.05) is 24.2 Å². The first-order chi connectivity index (χ1) is 10.1. The molecule has 110 valence electrons. The van der Waals surface area contributed by atoms with Gasteiger partial charge >= 0.3 is 0 Å². The lowest BCUT2D eigenvalue weighted by molar-refractivity contribution is 0.287. The Kier molecular flexibility index (Phi) is 4.02. The first-order valence-corrected chi connectivity index (χ1v) is 7.36. The molecule has 0 amide bonds. The Balaban J connectivity index is 1.52. The van der Waals surface area contributed by atoms with Gasteiger partial charge in [0.05, 0.1) is 0 Å². The Morgan fingerprint density at radius 3 is 2.57 bits per heavy atom. The molecule has 3 heteroatoms. The van der Waals surface area contributed by atoms with Crippen molar-refractivity contribution in [1.29, 1.82) is 0 Å². The molecule has 1 aliphatic rings. The van der Waals surface area contributed by atoms with Crippen LogP contribution >= 0.6 is 0 Å².